The van der Waals surface area contributed by atoms with Crippen LogP contribution in [0, 0.1) is 10.1 Å². The minimum atomic E-state index is -0.431. The molecule has 1 fully saturated rings. The van der Waals surface area contributed by atoms with E-state index < -0.39 is 4.92 Å². The minimum absolute atomic E-state index is 0.0384. The zero-order valence-electron chi connectivity index (χ0n) is 10.4. The van der Waals surface area contributed by atoms with Gasteiger partial charge in [-0.3, -0.25) is 10.1 Å². The van der Waals surface area contributed by atoms with Crippen LogP contribution in [-0.4, -0.2) is 36.2 Å². The van der Waals surface area contributed by atoms with E-state index in [0.29, 0.717) is 37.1 Å². The van der Waals surface area contributed by atoms with Gasteiger partial charge in [0.1, 0.15) is 5.69 Å². The van der Waals surface area contributed by atoms with Crippen molar-refractivity contribution in [3.05, 3.63) is 15.8 Å². The Morgan fingerprint density at radius 2 is 2.11 bits per heavy atom. The summed E-state index contributed by atoms with van der Waals surface area (Å²) in [7, 11) is 0. The molecule has 102 valence electrons. The van der Waals surface area contributed by atoms with Crippen molar-refractivity contribution >= 4 is 33.1 Å². The van der Waals surface area contributed by atoms with E-state index in [-0.39, 0.29) is 10.9 Å². The molecule has 0 amide bonds. The maximum Gasteiger partial charge on any atom is 0.350 e. The number of ether oxygens (including phenoxy) is 1. The topological polar surface area (TPSA) is 68.5 Å². The second-order valence-electron chi connectivity index (χ2n) is 3.24. The normalized spacial score (nSPS) is 14.9. The van der Waals surface area contributed by atoms with Gasteiger partial charge >= 0.3 is 5.00 Å². The lowest BCUT2D eigenvalue weighted by Crippen LogP contribution is -2.36. The largest absolute Gasteiger partial charge is 0.378 e. The average Bonchev–Trinajstić information content (AvgIpc) is 2.86. The average molecular weight is 294 g/mol. The SMILES string of the molecule is CC.O=[N+]([O-])c1sc(N2CCOCC2)nc1CCl. The molecule has 0 aliphatic carbocycles. The van der Waals surface area contributed by atoms with E-state index in [1.165, 1.54) is 0 Å². The van der Waals surface area contributed by atoms with Crippen molar-refractivity contribution in [2.45, 2.75) is 19.7 Å². The van der Waals surface area contributed by atoms with Gasteiger partial charge in [0.05, 0.1) is 24.0 Å². The molecule has 6 nitrogen and oxygen atoms in total. The zero-order chi connectivity index (χ0) is 13.5. The molecule has 1 aromatic rings. The standard InChI is InChI=1S/C8H10ClN3O3S.C2H6/c9-5-6-7(12(13)14)16-8(10-6)11-1-3-15-4-2-11;1-2/h1-5H2;1-2H3. The number of thiazole rings is 1. The van der Waals surface area contributed by atoms with Gasteiger partial charge < -0.3 is 9.64 Å². The first-order valence-corrected chi connectivity index (χ1v) is 7.10. The Morgan fingerprint density at radius 3 is 2.56 bits per heavy atom. The Hall–Kier alpha value is -0.920. The van der Waals surface area contributed by atoms with E-state index >= 15 is 0 Å². The first kappa shape index (κ1) is 15.1. The number of nitro groups is 1. The molecule has 2 rings (SSSR count). The highest BCUT2D eigenvalue weighted by atomic mass is 35.5. The number of anilines is 1. The number of morpholine rings is 1. The Bertz CT molecular complexity index is 394. The number of halogens is 1. The predicted octanol–water partition coefficient (Wildman–Crippen LogP) is 2.65. The summed E-state index contributed by atoms with van der Waals surface area (Å²) in [6.45, 7) is 6.69. The summed E-state index contributed by atoms with van der Waals surface area (Å²) in [5.41, 5.74) is 0.346. The van der Waals surface area contributed by atoms with Gasteiger partial charge in [-0.15, -0.1) is 11.6 Å². The predicted molar refractivity (Wildman–Crippen MR) is 72.7 cm³/mol. The van der Waals surface area contributed by atoms with Crippen LogP contribution in [0.15, 0.2) is 0 Å². The van der Waals surface area contributed by atoms with E-state index in [1.807, 2.05) is 18.7 Å². The third-order valence-corrected chi connectivity index (χ3v) is 3.60. The fraction of sp³-hybridized carbons (Fsp3) is 0.700. The van der Waals surface area contributed by atoms with Crippen LogP contribution in [0.1, 0.15) is 19.5 Å². The van der Waals surface area contributed by atoms with Crippen LogP contribution in [0.4, 0.5) is 10.1 Å². The monoisotopic (exact) mass is 293 g/mol. The van der Waals surface area contributed by atoms with E-state index in [2.05, 4.69) is 4.98 Å². The van der Waals surface area contributed by atoms with E-state index in [9.17, 15) is 10.1 Å². The number of hydrogen-bond donors (Lipinski definition) is 0. The maximum atomic E-state index is 10.8. The van der Waals surface area contributed by atoms with Crippen molar-refractivity contribution in [1.82, 2.24) is 4.98 Å². The van der Waals surface area contributed by atoms with E-state index in [1.54, 1.807) is 0 Å². The van der Waals surface area contributed by atoms with Gasteiger partial charge in [-0.25, -0.2) is 4.98 Å². The Morgan fingerprint density at radius 1 is 1.50 bits per heavy atom. The fourth-order valence-corrected chi connectivity index (χ4v) is 2.67. The molecule has 1 aliphatic heterocycles. The van der Waals surface area contributed by atoms with E-state index in [0.717, 1.165) is 11.3 Å². The molecule has 1 aliphatic rings. The zero-order valence-corrected chi connectivity index (χ0v) is 12.0. The lowest BCUT2D eigenvalue weighted by Gasteiger charge is -2.25. The molecular weight excluding hydrogens is 278 g/mol. The number of aromatic nitrogens is 1. The van der Waals surface area contributed by atoms with Gasteiger partial charge in [-0.1, -0.05) is 13.8 Å². The number of nitrogens with zero attached hydrogens (tertiary/aromatic N) is 3. The van der Waals surface area contributed by atoms with Crippen molar-refractivity contribution in [3.63, 3.8) is 0 Å². The molecule has 0 bridgehead atoms. The first-order valence-electron chi connectivity index (χ1n) is 5.75. The smallest absolute Gasteiger partial charge is 0.350 e. The van der Waals surface area contributed by atoms with Gasteiger partial charge in [-0.2, -0.15) is 0 Å². The lowest BCUT2D eigenvalue weighted by molar-refractivity contribution is -0.381. The molecule has 2 heterocycles. The fourth-order valence-electron chi connectivity index (χ4n) is 1.45. The van der Waals surface area contributed by atoms with Crippen LogP contribution in [-0.2, 0) is 10.6 Å². The van der Waals surface area contributed by atoms with Crippen LogP contribution in [0.3, 0.4) is 0 Å². The summed E-state index contributed by atoms with van der Waals surface area (Å²) in [6.07, 6.45) is 0. The third-order valence-electron chi connectivity index (χ3n) is 2.24. The molecule has 18 heavy (non-hydrogen) atoms. The molecule has 0 N–H and O–H groups in total. The molecule has 0 radical (unpaired) electrons. The second-order valence-corrected chi connectivity index (χ2v) is 4.46. The molecule has 1 saturated heterocycles. The molecule has 0 saturated carbocycles. The van der Waals surface area contributed by atoms with Crippen molar-refractivity contribution in [3.8, 4) is 0 Å². The lowest BCUT2D eigenvalue weighted by atomic mass is 10.4. The summed E-state index contributed by atoms with van der Waals surface area (Å²) in [6, 6.07) is 0. The van der Waals surface area contributed by atoms with Crippen LogP contribution in [0.2, 0.25) is 0 Å². The highest BCUT2D eigenvalue weighted by molar-refractivity contribution is 7.18. The summed E-state index contributed by atoms with van der Waals surface area (Å²) < 4.78 is 5.21. The third kappa shape index (κ3) is 3.54. The molecular formula is C10H16ClN3O3S. The summed E-state index contributed by atoms with van der Waals surface area (Å²) in [4.78, 5) is 16.5. The summed E-state index contributed by atoms with van der Waals surface area (Å²) >= 11 is 6.70. The Kier molecular flexibility index (Phi) is 6.31. The first-order chi connectivity index (χ1) is 8.72. The molecule has 0 atom stereocenters. The van der Waals surface area contributed by atoms with Crippen molar-refractivity contribution in [2.24, 2.45) is 0 Å². The molecule has 0 spiro atoms. The summed E-state index contributed by atoms with van der Waals surface area (Å²) in [5, 5.41) is 11.4. The molecule has 0 unspecified atom stereocenters. The number of hydrogen-bond acceptors (Lipinski definition) is 6. The van der Waals surface area contributed by atoms with Crippen LogP contribution in [0.5, 0.6) is 0 Å². The highest BCUT2D eigenvalue weighted by Crippen LogP contribution is 2.33. The molecule has 1 aromatic heterocycles. The quantitative estimate of drug-likeness (QED) is 0.487. The minimum Gasteiger partial charge on any atom is -0.378 e. The number of alkyl halides is 1. The summed E-state index contributed by atoms with van der Waals surface area (Å²) in [5.74, 6) is 0.0666. The van der Waals surface area contributed by atoms with Crippen molar-refractivity contribution in [1.29, 1.82) is 0 Å². The molecule has 8 heteroatoms. The maximum absolute atomic E-state index is 10.8. The van der Waals surface area contributed by atoms with E-state index in [4.69, 9.17) is 16.3 Å². The van der Waals surface area contributed by atoms with Crippen LogP contribution >= 0.6 is 22.9 Å². The van der Waals surface area contributed by atoms with Crippen molar-refractivity contribution in [2.75, 3.05) is 31.2 Å². The van der Waals surface area contributed by atoms with Crippen LogP contribution in [0.25, 0.3) is 0 Å². The Labute approximate surface area is 115 Å². The van der Waals surface area contributed by atoms with Gasteiger partial charge in [0.25, 0.3) is 0 Å². The van der Waals surface area contributed by atoms with Crippen molar-refractivity contribution < 1.29 is 9.66 Å². The van der Waals surface area contributed by atoms with Gasteiger partial charge in [0.2, 0.25) is 0 Å². The van der Waals surface area contributed by atoms with Crippen LogP contribution < -0.4 is 4.90 Å². The van der Waals surface area contributed by atoms with Gasteiger partial charge in [0, 0.05) is 13.1 Å². The second kappa shape index (κ2) is 7.50. The number of rotatable bonds is 3. The molecule has 0 aromatic carbocycles. The highest BCUT2D eigenvalue weighted by Gasteiger charge is 2.24. The van der Waals surface area contributed by atoms with Gasteiger partial charge in [-0.05, 0) is 11.3 Å². The Balaban J connectivity index is 0.000000771. The van der Waals surface area contributed by atoms with Gasteiger partial charge in [0.15, 0.2) is 5.13 Å².